The zero-order valence-corrected chi connectivity index (χ0v) is 12.2. The van der Waals surface area contributed by atoms with Crippen molar-refractivity contribution in [2.45, 2.75) is 58.9 Å². The van der Waals surface area contributed by atoms with Gasteiger partial charge in [-0.15, -0.1) is 0 Å². The maximum Gasteiger partial charge on any atom is 0.289 e. The largest absolute Gasteiger partial charge is 0.289 e. The molecular formula is C14H20F4N2. The van der Waals surface area contributed by atoms with Crippen LogP contribution in [0.1, 0.15) is 44.9 Å². The standard InChI is InChI=1S/C14H20F4N2/c1-9-6-20(19-11(9)13(4,15)16)8-12(3)7-14(17,18)5-10(12)2/h6,10H,5,7-8H2,1-4H3. The molecule has 2 unspecified atom stereocenters. The third kappa shape index (κ3) is 2.83. The molecule has 2 nitrogen and oxygen atoms in total. The van der Waals surface area contributed by atoms with Gasteiger partial charge in [0.1, 0.15) is 5.69 Å². The molecule has 0 aromatic carbocycles. The van der Waals surface area contributed by atoms with Gasteiger partial charge < -0.3 is 0 Å². The minimum absolute atomic E-state index is 0.152. The van der Waals surface area contributed by atoms with Crippen LogP contribution in [0.15, 0.2) is 6.20 Å². The Morgan fingerprint density at radius 3 is 2.45 bits per heavy atom. The van der Waals surface area contributed by atoms with Crippen molar-refractivity contribution in [2.24, 2.45) is 11.3 Å². The molecular weight excluding hydrogens is 272 g/mol. The predicted octanol–water partition coefficient (Wildman–Crippen LogP) is 4.37. The second kappa shape index (κ2) is 4.46. The highest BCUT2D eigenvalue weighted by Gasteiger charge is 2.51. The number of rotatable bonds is 3. The summed E-state index contributed by atoms with van der Waals surface area (Å²) in [6, 6.07) is 0. The molecule has 0 spiro atoms. The van der Waals surface area contributed by atoms with Crippen LogP contribution in [0.2, 0.25) is 0 Å². The van der Waals surface area contributed by atoms with Gasteiger partial charge in [0.25, 0.3) is 5.92 Å². The molecule has 0 saturated heterocycles. The van der Waals surface area contributed by atoms with Crippen molar-refractivity contribution < 1.29 is 17.6 Å². The molecule has 1 saturated carbocycles. The summed E-state index contributed by atoms with van der Waals surface area (Å²) >= 11 is 0. The lowest BCUT2D eigenvalue weighted by atomic mass is 9.81. The van der Waals surface area contributed by atoms with Crippen molar-refractivity contribution in [3.05, 3.63) is 17.5 Å². The molecule has 1 aliphatic rings. The first-order valence-electron chi connectivity index (χ1n) is 6.73. The van der Waals surface area contributed by atoms with Crippen LogP contribution in [0.25, 0.3) is 0 Å². The van der Waals surface area contributed by atoms with Crippen LogP contribution in [0.3, 0.4) is 0 Å². The fourth-order valence-electron chi connectivity index (χ4n) is 3.15. The fourth-order valence-corrected chi connectivity index (χ4v) is 3.15. The van der Waals surface area contributed by atoms with Gasteiger partial charge in [0.05, 0.1) is 0 Å². The summed E-state index contributed by atoms with van der Waals surface area (Å²) in [6.07, 6.45) is 1.14. The zero-order valence-electron chi connectivity index (χ0n) is 12.2. The number of alkyl halides is 4. The van der Waals surface area contributed by atoms with Crippen LogP contribution in [0.4, 0.5) is 17.6 Å². The normalized spacial score (nSPS) is 29.9. The van der Waals surface area contributed by atoms with Crippen LogP contribution in [0.5, 0.6) is 0 Å². The Kier molecular flexibility index (Phi) is 3.42. The van der Waals surface area contributed by atoms with Crippen molar-refractivity contribution in [1.29, 1.82) is 0 Å². The summed E-state index contributed by atoms with van der Waals surface area (Å²) in [7, 11) is 0. The van der Waals surface area contributed by atoms with E-state index in [9.17, 15) is 17.6 Å². The summed E-state index contributed by atoms with van der Waals surface area (Å²) in [5, 5.41) is 3.89. The van der Waals surface area contributed by atoms with E-state index in [1.807, 2.05) is 0 Å². The Bertz CT molecular complexity index is 504. The molecule has 0 bridgehead atoms. The molecule has 1 aliphatic carbocycles. The van der Waals surface area contributed by atoms with Gasteiger partial charge in [-0.25, -0.2) is 8.78 Å². The number of hydrogen-bond acceptors (Lipinski definition) is 1. The first-order chi connectivity index (χ1) is 8.93. The molecule has 20 heavy (non-hydrogen) atoms. The van der Waals surface area contributed by atoms with Crippen molar-refractivity contribution >= 4 is 0 Å². The third-order valence-electron chi connectivity index (χ3n) is 4.34. The maximum absolute atomic E-state index is 13.5. The zero-order chi connectivity index (χ0) is 15.3. The third-order valence-corrected chi connectivity index (χ3v) is 4.34. The average molecular weight is 292 g/mol. The minimum atomic E-state index is -3.01. The smallest absolute Gasteiger partial charge is 0.271 e. The van der Waals surface area contributed by atoms with Gasteiger partial charge >= 0.3 is 0 Å². The van der Waals surface area contributed by atoms with E-state index in [4.69, 9.17) is 0 Å². The maximum atomic E-state index is 13.5. The second-order valence-corrected chi connectivity index (χ2v) is 6.54. The van der Waals surface area contributed by atoms with Crippen molar-refractivity contribution in [1.82, 2.24) is 9.78 Å². The lowest BCUT2D eigenvalue weighted by Gasteiger charge is -2.28. The first-order valence-corrected chi connectivity index (χ1v) is 6.73. The van der Waals surface area contributed by atoms with Crippen LogP contribution in [-0.4, -0.2) is 15.7 Å². The van der Waals surface area contributed by atoms with Crippen LogP contribution in [-0.2, 0) is 12.5 Å². The molecule has 114 valence electrons. The van der Waals surface area contributed by atoms with Crippen molar-refractivity contribution in [2.75, 3.05) is 0 Å². The highest BCUT2D eigenvalue weighted by Crippen LogP contribution is 2.51. The van der Waals surface area contributed by atoms with Crippen LogP contribution in [0, 0.1) is 18.3 Å². The number of aromatic nitrogens is 2. The molecule has 1 fully saturated rings. The molecule has 1 heterocycles. The van der Waals surface area contributed by atoms with Gasteiger partial charge in [0.2, 0.25) is 5.92 Å². The Morgan fingerprint density at radius 2 is 2.05 bits per heavy atom. The second-order valence-electron chi connectivity index (χ2n) is 6.54. The molecule has 0 amide bonds. The van der Waals surface area contributed by atoms with Gasteiger partial charge in [0, 0.05) is 32.5 Å². The predicted molar refractivity (Wildman–Crippen MR) is 68.0 cm³/mol. The Labute approximate surface area is 116 Å². The van der Waals surface area contributed by atoms with E-state index in [0.717, 1.165) is 6.92 Å². The van der Waals surface area contributed by atoms with Crippen molar-refractivity contribution in [3.8, 4) is 0 Å². The van der Waals surface area contributed by atoms with E-state index < -0.39 is 17.3 Å². The average Bonchev–Trinajstić information content (AvgIpc) is 2.64. The monoisotopic (exact) mass is 292 g/mol. The van der Waals surface area contributed by atoms with Gasteiger partial charge in [0.15, 0.2) is 0 Å². The number of halogens is 4. The molecule has 2 rings (SSSR count). The van der Waals surface area contributed by atoms with E-state index in [2.05, 4.69) is 5.10 Å². The van der Waals surface area contributed by atoms with Crippen molar-refractivity contribution in [3.63, 3.8) is 0 Å². The highest BCUT2D eigenvalue weighted by molar-refractivity contribution is 5.19. The highest BCUT2D eigenvalue weighted by atomic mass is 19.3. The lowest BCUT2D eigenvalue weighted by molar-refractivity contribution is -0.00505. The molecule has 2 atom stereocenters. The molecule has 6 heteroatoms. The Balaban J connectivity index is 2.23. The van der Waals surface area contributed by atoms with E-state index in [0.29, 0.717) is 5.56 Å². The topological polar surface area (TPSA) is 17.8 Å². The minimum Gasteiger partial charge on any atom is -0.271 e. The molecule has 1 aromatic rings. The van der Waals surface area contributed by atoms with Gasteiger partial charge in [-0.05, 0) is 23.8 Å². The summed E-state index contributed by atoms with van der Waals surface area (Å²) < 4.78 is 55.1. The quantitative estimate of drug-likeness (QED) is 0.756. The number of hydrogen-bond donors (Lipinski definition) is 0. The molecule has 0 aliphatic heterocycles. The molecule has 1 aromatic heterocycles. The lowest BCUT2D eigenvalue weighted by Crippen LogP contribution is -2.27. The Hall–Kier alpha value is -1.07. The summed E-state index contributed by atoms with van der Waals surface area (Å²) in [4.78, 5) is 0. The Morgan fingerprint density at radius 1 is 1.45 bits per heavy atom. The van der Waals surface area contributed by atoms with Gasteiger partial charge in [-0.1, -0.05) is 13.8 Å². The van der Waals surface area contributed by atoms with Gasteiger partial charge in [-0.3, -0.25) is 4.68 Å². The SMILES string of the molecule is Cc1cn(CC2(C)CC(F)(F)CC2C)nc1C(C)(F)F. The number of aryl methyl sites for hydroxylation is 1. The van der Waals surface area contributed by atoms with E-state index in [1.54, 1.807) is 20.8 Å². The fraction of sp³-hybridized carbons (Fsp3) is 0.786. The summed E-state index contributed by atoms with van der Waals surface area (Å²) in [5.74, 6) is -5.86. The van der Waals surface area contributed by atoms with E-state index >= 15 is 0 Å². The van der Waals surface area contributed by atoms with E-state index in [-0.39, 0.29) is 31.0 Å². The van der Waals surface area contributed by atoms with Crippen LogP contribution >= 0.6 is 0 Å². The molecule has 0 N–H and O–H groups in total. The summed E-state index contributed by atoms with van der Waals surface area (Å²) in [6.45, 7) is 6.15. The molecule has 0 radical (unpaired) electrons. The van der Waals surface area contributed by atoms with E-state index in [1.165, 1.54) is 10.9 Å². The number of nitrogens with zero attached hydrogens (tertiary/aromatic N) is 2. The first kappa shape index (κ1) is 15.3. The van der Waals surface area contributed by atoms with Gasteiger partial charge in [-0.2, -0.15) is 13.9 Å². The summed E-state index contributed by atoms with van der Waals surface area (Å²) in [5.41, 5.74) is -0.514. The van der Waals surface area contributed by atoms with Crippen LogP contribution < -0.4 is 0 Å².